The maximum atomic E-state index is 13.1. The molecular weight excluding hydrogens is 264 g/mol. The van der Waals surface area contributed by atoms with E-state index in [-0.39, 0.29) is 23.8 Å². The molecule has 1 heterocycles. The minimum absolute atomic E-state index is 0.0748. The van der Waals surface area contributed by atoms with E-state index in [0.717, 1.165) is 32.2 Å². The first kappa shape index (κ1) is 14.9. The molecule has 4 nitrogen and oxygen atoms in total. The molecule has 0 radical (unpaired) electrons. The van der Waals surface area contributed by atoms with E-state index >= 15 is 0 Å². The van der Waals surface area contributed by atoms with Crippen LogP contribution in [-0.4, -0.2) is 34.8 Å². The third-order valence-electron chi connectivity index (χ3n) is 5.66. The van der Waals surface area contributed by atoms with Crippen LogP contribution in [-0.2, 0) is 9.59 Å². The predicted molar refractivity (Wildman–Crippen MR) is 81.6 cm³/mol. The summed E-state index contributed by atoms with van der Waals surface area (Å²) in [6, 6.07) is -0.273. The second-order valence-corrected chi connectivity index (χ2v) is 7.58. The lowest BCUT2D eigenvalue weighted by atomic mass is 9.76. The molecular formula is C17H28N2O2. The highest BCUT2D eigenvalue weighted by molar-refractivity contribution is 6.00. The monoisotopic (exact) mass is 292 g/mol. The first-order valence-corrected chi connectivity index (χ1v) is 8.66. The van der Waals surface area contributed by atoms with Gasteiger partial charge in [-0.05, 0) is 37.5 Å². The molecule has 2 amide bonds. The van der Waals surface area contributed by atoms with Crippen LogP contribution in [0, 0.1) is 11.8 Å². The summed E-state index contributed by atoms with van der Waals surface area (Å²) in [5, 5.41) is 3.12. The van der Waals surface area contributed by atoms with Crippen molar-refractivity contribution in [3.63, 3.8) is 0 Å². The van der Waals surface area contributed by atoms with Crippen LogP contribution in [0.3, 0.4) is 0 Å². The average molecular weight is 292 g/mol. The zero-order chi connectivity index (χ0) is 15.0. The zero-order valence-corrected chi connectivity index (χ0v) is 13.4. The molecule has 1 spiro atoms. The summed E-state index contributed by atoms with van der Waals surface area (Å²) in [6.45, 7) is 4.88. The standard InChI is InChI=1S/C17H28N2O2/c1-12(2)14-15(20)18-17(9-4-3-5-10-17)16(21)19(14)11-13-7-6-8-13/h12-14H,3-11H2,1-2H3,(H,18,20). The molecule has 1 saturated heterocycles. The molecule has 21 heavy (non-hydrogen) atoms. The first-order valence-electron chi connectivity index (χ1n) is 8.66. The molecule has 0 bridgehead atoms. The van der Waals surface area contributed by atoms with Gasteiger partial charge in [0.05, 0.1) is 0 Å². The number of rotatable bonds is 3. The van der Waals surface area contributed by atoms with Gasteiger partial charge in [0.2, 0.25) is 11.8 Å². The summed E-state index contributed by atoms with van der Waals surface area (Å²) in [6.07, 6.45) is 8.63. The van der Waals surface area contributed by atoms with E-state index in [0.29, 0.717) is 5.92 Å². The molecule has 3 fully saturated rings. The van der Waals surface area contributed by atoms with Crippen molar-refractivity contribution in [2.75, 3.05) is 6.54 Å². The number of carbonyl (C=O) groups excluding carboxylic acids is 2. The van der Waals surface area contributed by atoms with Crippen LogP contribution in [0.25, 0.3) is 0 Å². The molecule has 118 valence electrons. The zero-order valence-electron chi connectivity index (χ0n) is 13.4. The van der Waals surface area contributed by atoms with Crippen LogP contribution in [0.1, 0.15) is 65.2 Å². The molecule has 3 aliphatic rings. The first-order chi connectivity index (χ1) is 10.0. The smallest absolute Gasteiger partial charge is 0.249 e. The van der Waals surface area contributed by atoms with Crippen LogP contribution >= 0.6 is 0 Å². The molecule has 2 aliphatic carbocycles. The molecule has 3 rings (SSSR count). The van der Waals surface area contributed by atoms with Crippen LogP contribution < -0.4 is 5.32 Å². The summed E-state index contributed by atoms with van der Waals surface area (Å²) in [4.78, 5) is 27.7. The second-order valence-electron chi connectivity index (χ2n) is 7.58. The van der Waals surface area contributed by atoms with Crippen LogP contribution in [0.5, 0.6) is 0 Å². The summed E-state index contributed by atoms with van der Waals surface area (Å²) >= 11 is 0. The normalized spacial score (nSPS) is 29.7. The van der Waals surface area contributed by atoms with Crippen LogP contribution in [0.15, 0.2) is 0 Å². The Morgan fingerprint density at radius 2 is 1.81 bits per heavy atom. The Kier molecular flexibility index (Phi) is 3.98. The molecule has 1 unspecified atom stereocenters. The number of hydrogen-bond acceptors (Lipinski definition) is 2. The number of amides is 2. The van der Waals surface area contributed by atoms with E-state index in [9.17, 15) is 9.59 Å². The molecule has 0 aromatic carbocycles. The molecule has 4 heteroatoms. The lowest BCUT2D eigenvalue weighted by Gasteiger charge is -2.50. The van der Waals surface area contributed by atoms with Crippen molar-refractivity contribution in [1.29, 1.82) is 0 Å². The lowest BCUT2D eigenvalue weighted by Crippen LogP contribution is -2.72. The van der Waals surface area contributed by atoms with Crippen molar-refractivity contribution in [3.8, 4) is 0 Å². The highest BCUT2D eigenvalue weighted by Crippen LogP contribution is 2.36. The minimum atomic E-state index is -0.579. The Bertz CT molecular complexity index is 423. The number of carbonyl (C=O) groups is 2. The second kappa shape index (κ2) is 5.62. The van der Waals surface area contributed by atoms with Crippen molar-refractivity contribution in [2.24, 2.45) is 11.8 Å². The SMILES string of the molecule is CC(C)C1C(=O)NC2(CCCCC2)C(=O)N1CC1CCC1. The van der Waals surface area contributed by atoms with Crippen molar-refractivity contribution < 1.29 is 9.59 Å². The number of piperazine rings is 1. The third kappa shape index (κ3) is 2.58. The van der Waals surface area contributed by atoms with E-state index in [2.05, 4.69) is 5.32 Å². The van der Waals surface area contributed by atoms with Crippen molar-refractivity contribution >= 4 is 11.8 Å². The maximum absolute atomic E-state index is 13.1. The number of hydrogen-bond donors (Lipinski definition) is 1. The van der Waals surface area contributed by atoms with E-state index in [1.165, 1.54) is 25.7 Å². The average Bonchev–Trinajstić information content (AvgIpc) is 2.39. The van der Waals surface area contributed by atoms with Gasteiger partial charge in [0.1, 0.15) is 11.6 Å². The maximum Gasteiger partial charge on any atom is 0.249 e. The summed E-state index contributed by atoms with van der Waals surface area (Å²) in [5.74, 6) is 1.06. The van der Waals surface area contributed by atoms with Gasteiger partial charge in [-0.15, -0.1) is 0 Å². The minimum Gasteiger partial charge on any atom is -0.340 e. The van der Waals surface area contributed by atoms with Gasteiger partial charge in [0.15, 0.2) is 0 Å². The van der Waals surface area contributed by atoms with Crippen molar-refractivity contribution in [3.05, 3.63) is 0 Å². The Labute approximate surface area is 127 Å². The summed E-state index contributed by atoms with van der Waals surface area (Å²) < 4.78 is 0. The van der Waals surface area contributed by atoms with Crippen molar-refractivity contribution in [1.82, 2.24) is 10.2 Å². The Hall–Kier alpha value is -1.06. The van der Waals surface area contributed by atoms with Gasteiger partial charge in [0, 0.05) is 6.54 Å². The topological polar surface area (TPSA) is 49.4 Å². The van der Waals surface area contributed by atoms with Gasteiger partial charge < -0.3 is 10.2 Å². The summed E-state index contributed by atoms with van der Waals surface area (Å²) in [7, 11) is 0. The Morgan fingerprint density at radius 1 is 1.14 bits per heavy atom. The molecule has 2 saturated carbocycles. The van der Waals surface area contributed by atoms with E-state index in [1.54, 1.807) is 0 Å². The highest BCUT2D eigenvalue weighted by Gasteiger charge is 2.52. The van der Waals surface area contributed by atoms with Gasteiger partial charge in [-0.25, -0.2) is 0 Å². The van der Waals surface area contributed by atoms with E-state index in [4.69, 9.17) is 0 Å². The van der Waals surface area contributed by atoms with E-state index < -0.39 is 5.54 Å². The molecule has 0 aromatic heterocycles. The lowest BCUT2D eigenvalue weighted by molar-refractivity contribution is -0.159. The fraction of sp³-hybridized carbons (Fsp3) is 0.882. The van der Waals surface area contributed by atoms with Gasteiger partial charge in [-0.2, -0.15) is 0 Å². The molecule has 1 N–H and O–H groups in total. The quantitative estimate of drug-likeness (QED) is 0.868. The van der Waals surface area contributed by atoms with Crippen LogP contribution in [0.4, 0.5) is 0 Å². The highest BCUT2D eigenvalue weighted by atomic mass is 16.2. The summed E-state index contributed by atoms with van der Waals surface area (Å²) in [5.41, 5.74) is -0.579. The predicted octanol–water partition coefficient (Wildman–Crippen LogP) is 2.47. The Balaban J connectivity index is 1.85. The van der Waals surface area contributed by atoms with E-state index in [1.807, 2.05) is 18.7 Å². The molecule has 0 aromatic rings. The third-order valence-corrected chi connectivity index (χ3v) is 5.66. The van der Waals surface area contributed by atoms with Crippen molar-refractivity contribution in [2.45, 2.75) is 76.8 Å². The van der Waals surface area contributed by atoms with Gasteiger partial charge in [0.25, 0.3) is 0 Å². The molecule has 1 atom stereocenters. The Morgan fingerprint density at radius 3 is 2.33 bits per heavy atom. The van der Waals surface area contributed by atoms with Gasteiger partial charge in [-0.3, -0.25) is 9.59 Å². The molecule has 1 aliphatic heterocycles. The van der Waals surface area contributed by atoms with Gasteiger partial charge in [-0.1, -0.05) is 39.5 Å². The van der Waals surface area contributed by atoms with Gasteiger partial charge >= 0.3 is 0 Å². The fourth-order valence-corrected chi connectivity index (χ4v) is 4.21. The number of nitrogens with one attached hydrogen (secondary N) is 1. The van der Waals surface area contributed by atoms with Crippen LogP contribution in [0.2, 0.25) is 0 Å². The number of nitrogens with zero attached hydrogens (tertiary/aromatic N) is 1. The fourth-order valence-electron chi connectivity index (χ4n) is 4.21. The largest absolute Gasteiger partial charge is 0.340 e.